The molecule has 0 bridgehead atoms. The molecule has 0 aliphatic carbocycles. The van der Waals surface area contributed by atoms with Crippen LogP contribution in [0.5, 0.6) is 0 Å². The van der Waals surface area contributed by atoms with E-state index in [1.807, 2.05) is 24.3 Å². The molecule has 1 saturated heterocycles. The van der Waals surface area contributed by atoms with Gasteiger partial charge < -0.3 is 10.6 Å². The van der Waals surface area contributed by atoms with Crippen LogP contribution in [0.1, 0.15) is 12.8 Å². The number of aromatic nitrogens is 1. The van der Waals surface area contributed by atoms with E-state index < -0.39 is 24.0 Å². The zero-order valence-electron chi connectivity index (χ0n) is 13.4. The molecule has 4 nitrogen and oxygen atoms in total. The average molecular weight is 349 g/mol. The second-order valence-electron chi connectivity index (χ2n) is 6.11. The first-order valence-electron chi connectivity index (χ1n) is 8.01. The van der Waals surface area contributed by atoms with Gasteiger partial charge in [-0.1, -0.05) is 12.1 Å². The van der Waals surface area contributed by atoms with Gasteiger partial charge in [-0.15, -0.1) is 0 Å². The molecule has 1 aromatic heterocycles. The number of amides is 1. The van der Waals surface area contributed by atoms with Crippen LogP contribution in [0, 0.1) is 5.92 Å². The molecule has 2 N–H and O–H groups in total. The molecule has 1 amide bonds. The Morgan fingerprint density at radius 3 is 2.24 bits per heavy atom. The lowest BCUT2D eigenvalue weighted by Crippen LogP contribution is -2.56. The Kier molecular flexibility index (Phi) is 4.65. The number of hydrogen-bond acceptors (Lipinski definition) is 3. The monoisotopic (exact) mass is 349 g/mol. The Morgan fingerprint density at radius 1 is 1.08 bits per heavy atom. The molecule has 3 rings (SSSR count). The standard InChI is InChI=1S/C18H18F3N3O/c19-18(20,21)15-2-1-11-24(16(15)17(22)25)14-5-3-12(4-6-14)13-7-9-23-10-8-13/h3-10,15-16H,1-2,11H2,(H2,22,25). The number of anilines is 1. The third kappa shape index (κ3) is 3.60. The second-order valence-corrected chi connectivity index (χ2v) is 6.11. The average Bonchev–Trinajstić information content (AvgIpc) is 2.61. The van der Waals surface area contributed by atoms with Crippen molar-refractivity contribution in [2.75, 3.05) is 11.4 Å². The maximum atomic E-state index is 13.3. The summed E-state index contributed by atoms with van der Waals surface area (Å²) in [6.45, 7) is 0.370. The molecule has 2 unspecified atom stereocenters. The Morgan fingerprint density at radius 2 is 1.68 bits per heavy atom. The van der Waals surface area contributed by atoms with Crippen LogP contribution in [0.2, 0.25) is 0 Å². The summed E-state index contributed by atoms with van der Waals surface area (Å²) < 4.78 is 39.9. The van der Waals surface area contributed by atoms with Gasteiger partial charge in [-0.25, -0.2) is 0 Å². The highest BCUT2D eigenvalue weighted by Gasteiger charge is 2.50. The number of nitrogens with zero attached hydrogens (tertiary/aromatic N) is 2. The number of benzene rings is 1. The lowest BCUT2D eigenvalue weighted by Gasteiger charge is -2.41. The van der Waals surface area contributed by atoms with Crippen molar-refractivity contribution in [1.29, 1.82) is 0 Å². The van der Waals surface area contributed by atoms with Gasteiger partial charge in [-0.05, 0) is 48.2 Å². The Bertz CT molecular complexity index is 731. The maximum Gasteiger partial charge on any atom is 0.394 e. The Labute approximate surface area is 143 Å². The Balaban J connectivity index is 1.90. The van der Waals surface area contributed by atoms with Crippen LogP contribution < -0.4 is 10.6 Å². The van der Waals surface area contributed by atoms with Gasteiger partial charge >= 0.3 is 6.18 Å². The van der Waals surface area contributed by atoms with E-state index in [9.17, 15) is 18.0 Å². The lowest BCUT2D eigenvalue weighted by molar-refractivity contribution is -0.187. The second kappa shape index (κ2) is 6.74. The molecule has 25 heavy (non-hydrogen) atoms. The van der Waals surface area contributed by atoms with Crippen molar-refractivity contribution in [2.24, 2.45) is 11.7 Å². The zero-order valence-corrected chi connectivity index (χ0v) is 13.4. The molecule has 0 radical (unpaired) electrons. The first-order chi connectivity index (χ1) is 11.9. The number of primary amides is 1. The molecular formula is C18H18F3N3O. The molecule has 2 aromatic rings. The molecule has 2 heterocycles. The lowest BCUT2D eigenvalue weighted by atomic mass is 9.87. The van der Waals surface area contributed by atoms with E-state index in [1.54, 1.807) is 24.5 Å². The predicted molar refractivity (Wildman–Crippen MR) is 88.8 cm³/mol. The van der Waals surface area contributed by atoms with E-state index in [-0.39, 0.29) is 6.42 Å². The van der Waals surface area contributed by atoms with Gasteiger partial charge in [0.1, 0.15) is 6.04 Å². The van der Waals surface area contributed by atoms with Crippen molar-refractivity contribution >= 4 is 11.6 Å². The van der Waals surface area contributed by atoms with Crippen LogP contribution in [0.15, 0.2) is 48.8 Å². The third-order valence-electron chi connectivity index (χ3n) is 4.56. The van der Waals surface area contributed by atoms with Gasteiger partial charge in [0.15, 0.2) is 0 Å². The summed E-state index contributed by atoms with van der Waals surface area (Å²) in [4.78, 5) is 17.2. The molecule has 2 atom stereocenters. The summed E-state index contributed by atoms with van der Waals surface area (Å²) in [5.74, 6) is -2.68. The summed E-state index contributed by atoms with van der Waals surface area (Å²) >= 11 is 0. The molecule has 1 aromatic carbocycles. The third-order valence-corrected chi connectivity index (χ3v) is 4.56. The van der Waals surface area contributed by atoms with E-state index >= 15 is 0 Å². The SMILES string of the molecule is NC(=O)C1C(C(F)(F)F)CCCN1c1ccc(-c2ccncc2)cc1. The minimum Gasteiger partial charge on any atom is -0.368 e. The number of nitrogens with two attached hydrogens (primary N) is 1. The van der Waals surface area contributed by atoms with Crippen LogP contribution in [-0.2, 0) is 4.79 Å². The van der Waals surface area contributed by atoms with E-state index in [4.69, 9.17) is 5.73 Å². The van der Waals surface area contributed by atoms with Crippen molar-refractivity contribution in [3.63, 3.8) is 0 Å². The predicted octanol–water partition coefficient (Wildman–Crippen LogP) is 3.38. The number of alkyl halides is 3. The molecule has 132 valence electrons. The quantitative estimate of drug-likeness (QED) is 0.924. The summed E-state index contributed by atoms with van der Waals surface area (Å²) in [7, 11) is 0. The van der Waals surface area contributed by atoms with Crippen molar-refractivity contribution in [1.82, 2.24) is 4.98 Å². The molecule has 0 spiro atoms. The first kappa shape index (κ1) is 17.3. The van der Waals surface area contributed by atoms with E-state index in [2.05, 4.69) is 4.98 Å². The van der Waals surface area contributed by atoms with Crippen molar-refractivity contribution < 1.29 is 18.0 Å². The van der Waals surface area contributed by atoms with Gasteiger partial charge in [0.25, 0.3) is 0 Å². The fourth-order valence-electron chi connectivity index (χ4n) is 3.37. The van der Waals surface area contributed by atoms with E-state index in [1.165, 1.54) is 4.90 Å². The molecular weight excluding hydrogens is 331 g/mol. The van der Waals surface area contributed by atoms with Crippen LogP contribution in [0.4, 0.5) is 18.9 Å². The van der Waals surface area contributed by atoms with Crippen LogP contribution in [-0.4, -0.2) is 29.7 Å². The summed E-state index contributed by atoms with van der Waals surface area (Å²) in [6.07, 6.45) is -0.825. The van der Waals surface area contributed by atoms with Gasteiger partial charge in [-0.2, -0.15) is 13.2 Å². The van der Waals surface area contributed by atoms with Crippen molar-refractivity contribution in [3.05, 3.63) is 48.8 Å². The molecule has 0 saturated carbocycles. The topological polar surface area (TPSA) is 59.2 Å². The molecule has 7 heteroatoms. The van der Waals surface area contributed by atoms with Crippen LogP contribution >= 0.6 is 0 Å². The number of carbonyl (C=O) groups is 1. The highest BCUT2D eigenvalue weighted by Crippen LogP contribution is 2.39. The number of pyridine rings is 1. The van der Waals surface area contributed by atoms with Gasteiger partial charge in [0.2, 0.25) is 5.91 Å². The van der Waals surface area contributed by atoms with Gasteiger partial charge in [-0.3, -0.25) is 9.78 Å². The van der Waals surface area contributed by atoms with Crippen molar-refractivity contribution in [2.45, 2.75) is 25.1 Å². The highest BCUT2D eigenvalue weighted by atomic mass is 19.4. The first-order valence-corrected chi connectivity index (χ1v) is 8.01. The number of carbonyl (C=O) groups excluding carboxylic acids is 1. The zero-order chi connectivity index (χ0) is 18.0. The fourth-order valence-corrected chi connectivity index (χ4v) is 3.37. The number of halogens is 3. The van der Waals surface area contributed by atoms with Gasteiger partial charge in [0, 0.05) is 24.6 Å². The minimum atomic E-state index is -4.45. The number of piperidine rings is 1. The van der Waals surface area contributed by atoms with Gasteiger partial charge in [0.05, 0.1) is 5.92 Å². The van der Waals surface area contributed by atoms with Crippen LogP contribution in [0.3, 0.4) is 0 Å². The normalized spacial score (nSPS) is 21.2. The fraction of sp³-hybridized carbons (Fsp3) is 0.333. The summed E-state index contributed by atoms with van der Waals surface area (Å²) in [6, 6.07) is 9.42. The molecule has 1 aliphatic rings. The van der Waals surface area contributed by atoms with E-state index in [0.717, 1.165) is 11.1 Å². The van der Waals surface area contributed by atoms with Crippen LogP contribution in [0.25, 0.3) is 11.1 Å². The van der Waals surface area contributed by atoms with Crippen molar-refractivity contribution in [3.8, 4) is 11.1 Å². The van der Waals surface area contributed by atoms with E-state index in [0.29, 0.717) is 18.7 Å². The Hall–Kier alpha value is -2.57. The number of rotatable bonds is 3. The molecule has 1 fully saturated rings. The highest BCUT2D eigenvalue weighted by molar-refractivity contribution is 5.84. The summed E-state index contributed by atoms with van der Waals surface area (Å²) in [5.41, 5.74) is 7.76. The number of hydrogen-bond donors (Lipinski definition) is 1. The minimum absolute atomic E-state index is 0.0806. The largest absolute Gasteiger partial charge is 0.394 e. The maximum absolute atomic E-state index is 13.3. The molecule has 1 aliphatic heterocycles. The summed E-state index contributed by atoms with van der Waals surface area (Å²) in [5, 5.41) is 0. The smallest absolute Gasteiger partial charge is 0.368 e.